The molecule has 21 heavy (non-hydrogen) atoms. The van der Waals surface area contributed by atoms with Gasteiger partial charge in [-0.1, -0.05) is 12.1 Å². The van der Waals surface area contributed by atoms with E-state index in [0.717, 1.165) is 24.4 Å². The molecule has 0 amide bonds. The predicted molar refractivity (Wildman–Crippen MR) is 78.9 cm³/mol. The molecule has 1 aliphatic heterocycles. The molecule has 1 heterocycles. The van der Waals surface area contributed by atoms with E-state index in [1.165, 1.54) is 23.3 Å². The maximum Gasteiger partial charge on any atom is 0.124 e. The van der Waals surface area contributed by atoms with Crippen molar-refractivity contribution in [1.82, 2.24) is 0 Å². The number of methoxy groups -OCH3 is 1. The minimum absolute atomic E-state index is 0.376. The third-order valence-corrected chi connectivity index (χ3v) is 3.86. The third-order valence-electron chi connectivity index (χ3n) is 3.86. The van der Waals surface area contributed by atoms with Gasteiger partial charge in [-0.25, -0.2) is 4.39 Å². The molecule has 0 N–H and O–H groups in total. The fraction of sp³-hybridized carbons (Fsp3) is 0.235. The van der Waals surface area contributed by atoms with Gasteiger partial charge in [-0.3, -0.25) is 0 Å². The highest BCUT2D eigenvalue weighted by atomic mass is 19.1. The molecule has 0 fully saturated rings. The lowest BCUT2D eigenvalue weighted by atomic mass is 9.97. The predicted octanol–water partition coefficient (Wildman–Crippen LogP) is 3.27. The molecule has 0 bridgehead atoms. The molecule has 2 aromatic carbocycles. The summed E-state index contributed by atoms with van der Waals surface area (Å²) in [6.45, 7) is 1.49. The van der Waals surface area contributed by atoms with Crippen LogP contribution in [0.5, 0.6) is 5.75 Å². The van der Waals surface area contributed by atoms with Gasteiger partial charge >= 0.3 is 0 Å². The van der Waals surface area contributed by atoms with Gasteiger partial charge in [0.25, 0.3) is 0 Å². The number of hydrogen-bond donors (Lipinski definition) is 0. The van der Waals surface area contributed by atoms with Crippen LogP contribution in [0.4, 0.5) is 10.1 Å². The Morgan fingerprint density at radius 3 is 2.90 bits per heavy atom. The fourth-order valence-corrected chi connectivity index (χ4v) is 2.84. The second kappa shape index (κ2) is 5.45. The first-order valence-corrected chi connectivity index (χ1v) is 6.82. The number of halogens is 1. The van der Waals surface area contributed by atoms with Crippen molar-refractivity contribution in [2.45, 2.75) is 13.0 Å². The molecule has 106 valence electrons. The minimum atomic E-state index is -0.380. The van der Waals surface area contributed by atoms with E-state index in [2.05, 4.69) is 17.0 Å². The van der Waals surface area contributed by atoms with E-state index in [1.807, 2.05) is 12.1 Å². The summed E-state index contributed by atoms with van der Waals surface area (Å²) in [4.78, 5) is 2.11. The van der Waals surface area contributed by atoms with E-state index in [9.17, 15) is 9.65 Å². The summed E-state index contributed by atoms with van der Waals surface area (Å²) in [7, 11) is 1.68. The van der Waals surface area contributed by atoms with E-state index in [0.29, 0.717) is 12.1 Å². The lowest BCUT2D eigenvalue weighted by Gasteiger charge is -2.32. The maximum atomic E-state index is 13.3. The summed E-state index contributed by atoms with van der Waals surface area (Å²) in [6, 6.07) is 12.4. The van der Waals surface area contributed by atoms with Gasteiger partial charge in [0.15, 0.2) is 0 Å². The molecular formula is C17H15FN2O. The molecule has 0 saturated heterocycles. The van der Waals surface area contributed by atoms with Crippen LogP contribution in [-0.4, -0.2) is 13.7 Å². The van der Waals surface area contributed by atoms with E-state index >= 15 is 0 Å². The van der Waals surface area contributed by atoms with Gasteiger partial charge in [0.05, 0.1) is 18.4 Å². The zero-order valence-corrected chi connectivity index (χ0v) is 11.8. The highest BCUT2D eigenvalue weighted by Gasteiger charge is 2.21. The molecule has 2 aromatic rings. The van der Waals surface area contributed by atoms with Gasteiger partial charge in [-0.15, -0.1) is 0 Å². The highest BCUT2D eigenvalue weighted by molar-refractivity contribution is 5.61. The van der Waals surface area contributed by atoms with Crippen LogP contribution < -0.4 is 9.64 Å². The number of nitriles is 1. The summed E-state index contributed by atoms with van der Waals surface area (Å²) in [6.07, 6.45) is 0.849. The molecule has 0 radical (unpaired) electrons. The molecule has 1 aliphatic rings. The second-order valence-electron chi connectivity index (χ2n) is 5.04. The monoisotopic (exact) mass is 282 g/mol. The Morgan fingerprint density at radius 2 is 2.14 bits per heavy atom. The van der Waals surface area contributed by atoms with Crippen molar-refractivity contribution < 1.29 is 9.13 Å². The molecule has 0 unspecified atom stereocenters. The topological polar surface area (TPSA) is 36.3 Å². The molecule has 0 saturated carbocycles. The van der Waals surface area contributed by atoms with Crippen molar-refractivity contribution in [2.24, 2.45) is 0 Å². The van der Waals surface area contributed by atoms with Gasteiger partial charge in [0.1, 0.15) is 17.6 Å². The first-order valence-electron chi connectivity index (χ1n) is 6.82. The van der Waals surface area contributed by atoms with Gasteiger partial charge in [-0.2, -0.15) is 5.26 Å². The van der Waals surface area contributed by atoms with Crippen LogP contribution in [-0.2, 0) is 13.0 Å². The number of ether oxygens (including phenoxy) is 1. The van der Waals surface area contributed by atoms with Gasteiger partial charge in [-0.05, 0) is 36.2 Å². The van der Waals surface area contributed by atoms with Crippen LogP contribution >= 0.6 is 0 Å². The van der Waals surface area contributed by atoms with Gasteiger partial charge in [0, 0.05) is 18.7 Å². The molecular weight excluding hydrogens is 267 g/mol. The zero-order valence-electron chi connectivity index (χ0n) is 11.8. The summed E-state index contributed by atoms with van der Waals surface area (Å²) < 4.78 is 18.6. The Kier molecular flexibility index (Phi) is 3.49. The largest absolute Gasteiger partial charge is 0.496 e. The van der Waals surface area contributed by atoms with Crippen molar-refractivity contribution in [2.75, 3.05) is 18.6 Å². The number of benzene rings is 2. The van der Waals surface area contributed by atoms with E-state index in [4.69, 9.17) is 4.74 Å². The Balaban J connectivity index is 1.96. The van der Waals surface area contributed by atoms with Crippen molar-refractivity contribution in [3.63, 3.8) is 0 Å². The normalized spacial score (nSPS) is 13.5. The van der Waals surface area contributed by atoms with E-state index in [-0.39, 0.29) is 5.82 Å². The van der Waals surface area contributed by atoms with E-state index < -0.39 is 0 Å². The molecule has 0 spiro atoms. The van der Waals surface area contributed by atoms with E-state index in [1.54, 1.807) is 13.2 Å². The van der Waals surface area contributed by atoms with Crippen LogP contribution in [0.15, 0.2) is 36.4 Å². The Morgan fingerprint density at radius 1 is 1.29 bits per heavy atom. The van der Waals surface area contributed by atoms with Crippen LogP contribution in [0.25, 0.3) is 0 Å². The lowest BCUT2D eigenvalue weighted by Crippen LogP contribution is -2.31. The summed E-state index contributed by atoms with van der Waals surface area (Å²) in [5.41, 5.74) is 3.57. The number of hydrogen-bond acceptors (Lipinski definition) is 3. The Labute approximate surface area is 123 Å². The van der Waals surface area contributed by atoms with Crippen molar-refractivity contribution in [1.29, 1.82) is 5.26 Å². The van der Waals surface area contributed by atoms with Gasteiger partial charge in [0.2, 0.25) is 0 Å². The molecule has 0 aliphatic carbocycles. The van der Waals surface area contributed by atoms with Crippen LogP contribution in [0.3, 0.4) is 0 Å². The van der Waals surface area contributed by atoms with Gasteiger partial charge < -0.3 is 9.64 Å². The summed E-state index contributed by atoms with van der Waals surface area (Å²) in [5.74, 6) is 0.529. The molecule has 0 aromatic heterocycles. The standard InChI is InChI=1S/C17H15FN2O/c1-21-17-4-2-3-12-11-20(8-7-15(12)17)16-6-5-14(18)9-13(16)10-19/h2-6,9H,7-8,11H2,1H3. The first kappa shape index (κ1) is 13.4. The number of fused-ring (bicyclic) bond motifs is 1. The number of anilines is 1. The van der Waals surface area contributed by atoms with Crippen molar-refractivity contribution in [3.05, 3.63) is 58.9 Å². The van der Waals surface area contributed by atoms with Crippen LogP contribution in [0.1, 0.15) is 16.7 Å². The van der Waals surface area contributed by atoms with Crippen LogP contribution in [0.2, 0.25) is 0 Å². The van der Waals surface area contributed by atoms with Crippen molar-refractivity contribution >= 4 is 5.69 Å². The summed E-state index contributed by atoms with van der Waals surface area (Å²) in [5, 5.41) is 9.19. The fourth-order valence-electron chi connectivity index (χ4n) is 2.84. The first-order chi connectivity index (χ1) is 10.2. The average Bonchev–Trinajstić information content (AvgIpc) is 2.53. The SMILES string of the molecule is COc1cccc2c1CCN(c1ccc(F)cc1C#N)C2. The average molecular weight is 282 g/mol. The number of nitrogens with zero attached hydrogens (tertiary/aromatic N) is 2. The van der Waals surface area contributed by atoms with Crippen LogP contribution in [0, 0.1) is 17.1 Å². The van der Waals surface area contributed by atoms with Crippen molar-refractivity contribution in [3.8, 4) is 11.8 Å². The second-order valence-corrected chi connectivity index (χ2v) is 5.04. The highest BCUT2D eigenvalue weighted by Crippen LogP contribution is 2.31. The molecule has 0 atom stereocenters. The summed E-state index contributed by atoms with van der Waals surface area (Å²) >= 11 is 0. The third kappa shape index (κ3) is 2.43. The smallest absolute Gasteiger partial charge is 0.124 e. The quantitative estimate of drug-likeness (QED) is 0.848. The molecule has 3 nitrogen and oxygen atoms in total. The number of rotatable bonds is 2. The maximum absolute atomic E-state index is 13.3. The lowest BCUT2D eigenvalue weighted by molar-refractivity contribution is 0.407. The molecule has 3 rings (SSSR count). The minimum Gasteiger partial charge on any atom is -0.496 e. The Bertz CT molecular complexity index is 721. The Hall–Kier alpha value is -2.54. The zero-order chi connectivity index (χ0) is 14.8. The molecule has 4 heteroatoms.